The summed E-state index contributed by atoms with van der Waals surface area (Å²) in [6.45, 7) is 4.59. The van der Waals surface area contributed by atoms with Gasteiger partial charge in [-0.15, -0.1) is 0 Å². The van der Waals surface area contributed by atoms with E-state index in [9.17, 15) is 4.79 Å². The molecule has 22 heavy (non-hydrogen) atoms. The molecule has 1 aliphatic heterocycles. The number of hydrogen-bond acceptors (Lipinski definition) is 4. The quantitative estimate of drug-likeness (QED) is 0.878. The monoisotopic (exact) mass is 303 g/mol. The number of aromatic nitrogens is 1. The van der Waals surface area contributed by atoms with Gasteiger partial charge in [-0.25, -0.2) is 0 Å². The molecule has 1 aliphatic carbocycles. The molecule has 0 spiro atoms. The molecule has 1 saturated carbocycles. The molecule has 5 heteroatoms. The van der Waals surface area contributed by atoms with Crippen molar-refractivity contribution >= 4 is 17.3 Å². The van der Waals surface area contributed by atoms with E-state index in [1.54, 1.807) is 12.4 Å². The van der Waals surface area contributed by atoms with Gasteiger partial charge in [-0.2, -0.15) is 0 Å². The van der Waals surface area contributed by atoms with Crippen LogP contribution in [0.3, 0.4) is 0 Å². The fourth-order valence-corrected chi connectivity index (χ4v) is 2.77. The van der Waals surface area contributed by atoms with Crippen LogP contribution in [0, 0.1) is 5.92 Å². The summed E-state index contributed by atoms with van der Waals surface area (Å²) < 4.78 is 5.64. The first-order chi connectivity index (χ1) is 10.7. The second-order valence-corrected chi connectivity index (χ2v) is 6.35. The van der Waals surface area contributed by atoms with E-state index >= 15 is 0 Å². The Morgan fingerprint density at radius 1 is 1.41 bits per heavy atom. The Morgan fingerprint density at radius 3 is 2.91 bits per heavy atom. The number of anilines is 2. The average Bonchev–Trinajstić information content (AvgIpc) is 3.38. The van der Waals surface area contributed by atoms with Gasteiger partial charge in [-0.1, -0.05) is 0 Å². The second kappa shape index (κ2) is 7.09. The van der Waals surface area contributed by atoms with Gasteiger partial charge in [0, 0.05) is 19.3 Å². The largest absolute Gasteiger partial charge is 0.370 e. The van der Waals surface area contributed by atoms with Gasteiger partial charge in [0.1, 0.15) is 6.10 Å². The van der Waals surface area contributed by atoms with Crippen LogP contribution in [-0.4, -0.2) is 36.7 Å². The molecule has 120 valence electrons. The predicted octanol–water partition coefficient (Wildman–Crippen LogP) is 2.83. The van der Waals surface area contributed by atoms with E-state index in [-0.39, 0.29) is 5.91 Å². The van der Waals surface area contributed by atoms with Crippen molar-refractivity contribution in [2.45, 2.75) is 45.1 Å². The van der Waals surface area contributed by atoms with E-state index in [1.807, 2.05) is 13.0 Å². The summed E-state index contributed by atoms with van der Waals surface area (Å²) >= 11 is 0. The van der Waals surface area contributed by atoms with Crippen molar-refractivity contribution in [3.63, 3.8) is 0 Å². The van der Waals surface area contributed by atoms with E-state index in [0.29, 0.717) is 12.5 Å². The molecule has 5 nitrogen and oxygen atoms in total. The first-order valence-electron chi connectivity index (χ1n) is 8.35. The molecule has 1 N–H and O–H groups in total. The molecule has 3 rings (SSSR count). The Hall–Kier alpha value is -1.62. The van der Waals surface area contributed by atoms with Crippen LogP contribution in [0.25, 0.3) is 0 Å². The number of nitrogens with one attached hydrogen (secondary N) is 1. The van der Waals surface area contributed by atoms with Gasteiger partial charge in [-0.3, -0.25) is 9.78 Å². The highest BCUT2D eigenvalue weighted by Crippen LogP contribution is 2.30. The summed E-state index contributed by atoms with van der Waals surface area (Å²) in [5, 5.41) is 2.98. The molecule has 1 aromatic heterocycles. The summed E-state index contributed by atoms with van der Waals surface area (Å²) in [6.07, 6.45) is 9.26. The van der Waals surface area contributed by atoms with Crippen molar-refractivity contribution in [1.82, 2.24) is 4.98 Å². The minimum atomic E-state index is -0.421. The number of hydrogen-bond donors (Lipinski definition) is 1. The van der Waals surface area contributed by atoms with Crippen molar-refractivity contribution in [2.75, 3.05) is 29.9 Å². The SMILES string of the molecule is CC(OCC1CC1)C(=O)Nc1cnccc1N1CCCCC1. The van der Waals surface area contributed by atoms with Crippen LogP contribution in [0.2, 0.25) is 0 Å². The third-order valence-corrected chi connectivity index (χ3v) is 4.40. The number of carbonyl (C=O) groups excluding carboxylic acids is 1. The minimum Gasteiger partial charge on any atom is -0.370 e. The Labute approximate surface area is 132 Å². The lowest BCUT2D eigenvalue weighted by Gasteiger charge is -2.30. The molecule has 0 bridgehead atoms. The van der Waals surface area contributed by atoms with Crippen LogP contribution >= 0.6 is 0 Å². The van der Waals surface area contributed by atoms with Crippen LogP contribution in [0.15, 0.2) is 18.5 Å². The lowest BCUT2D eigenvalue weighted by molar-refractivity contribution is -0.126. The number of rotatable bonds is 6. The van der Waals surface area contributed by atoms with Gasteiger partial charge < -0.3 is 15.0 Å². The lowest BCUT2D eigenvalue weighted by Crippen LogP contribution is -2.32. The number of nitrogens with zero attached hydrogens (tertiary/aromatic N) is 2. The molecule has 2 heterocycles. The number of pyridine rings is 1. The summed E-state index contributed by atoms with van der Waals surface area (Å²) in [5.74, 6) is 0.574. The van der Waals surface area contributed by atoms with E-state index in [4.69, 9.17) is 4.74 Å². The van der Waals surface area contributed by atoms with Crippen LogP contribution in [-0.2, 0) is 9.53 Å². The molecule has 2 fully saturated rings. The van der Waals surface area contributed by atoms with Gasteiger partial charge in [0.25, 0.3) is 5.91 Å². The van der Waals surface area contributed by atoms with Crippen LogP contribution < -0.4 is 10.2 Å². The second-order valence-electron chi connectivity index (χ2n) is 6.35. The van der Waals surface area contributed by atoms with Gasteiger partial charge in [0.15, 0.2) is 0 Å². The number of carbonyl (C=O) groups is 1. The molecule has 1 unspecified atom stereocenters. The molecule has 1 atom stereocenters. The number of piperidine rings is 1. The summed E-state index contributed by atoms with van der Waals surface area (Å²) in [6, 6.07) is 1.98. The molecule has 1 aromatic rings. The zero-order valence-corrected chi connectivity index (χ0v) is 13.3. The van der Waals surface area contributed by atoms with Gasteiger partial charge >= 0.3 is 0 Å². The van der Waals surface area contributed by atoms with Gasteiger partial charge in [-0.05, 0) is 51.0 Å². The first kappa shape index (κ1) is 15.3. The molecule has 2 aliphatic rings. The van der Waals surface area contributed by atoms with Crippen LogP contribution in [0.5, 0.6) is 0 Å². The topological polar surface area (TPSA) is 54.5 Å². The maximum atomic E-state index is 12.3. The Bertz CT molecular complexity index is 510. The van der Waals surface area contributed by atoms with Crippen LogP contribution in [0.1, 0.15) is 39.0 Å². The van der Waals surface area contributed by atoms with Crippen molar-refractivity contribution in [3.05, 3.63) is 18.5 Å². The maximum Gasteiger partial charge on any atom is 0.253 e. The highest BCUT2D eigenvalue weighted by molar-refractivity contribution is 5.96. The minimum absolute atomic E-state index is 0.0908. The van der Waals surface area contributed by atoms with Crippen molar-refractivity contribution in [3.8, 4) is 0 Å². The first-order valence-corrected chi connectivity index (χ1v) is 8.35. The smallest absolute Gasteiger partial charge is 0.253 e. The van der Waals surface area contributed by atoms with Crippen molar-refractivity contribution in [2.24, 2.45) is 5.92 Å². The highest BCUT2D eigenvalue weighted by Gasteiger charge is 2.24. The summed E-state index contributed by atoms with van der Waals surface area (Å²) in [7, 11) is 0. The summed E-state index contributed by atoms with van der Waals surface area (Å²) in [4.78, 5) is 18.8. The summed E-state index contributed by atoms with van der Waals surface area (Å²) in [5.41, 5.74) is 1.86. The molecule has 1 amide bonds. The molecular formula is C17H25N3O2. The maximum absolute atomic E-state index is 12.3. The van der Waals surface area contributed by atoms with Gasteiger partial charge in [0.2, 0.25) is 0 Å². The van der Waals surface area contributed by atoms with E-state index in [1.165, 1.54) is 32.1 Å². The average molecular weight is 303 g/mol. The van der Waals surface area contributed by atoms with E-state index < -0.39 is 6.10 Å². The van der Waals surface area contributed by atoms with Crippen molar-refractivity contribution < 1.29 is 9.53 Å². The molecule has 0 radical (unpaired) electrons. The number of ether oxygens (including phenoxy) is 1. The van der Waals surface area contributed by atoms with E-state index in [0.717, 1.165) is 24.5 Å². The Balaban J connectivity index is 1.61. The Kier molecular flexibility index (Phi) is 4.93. The zero-order chi connectivity index (χ0) is 15.4. The predicted molar refractivity (Wildman–Crippen MR) is 87.1 cm³/mol. The van der Waals surface area contributed by atoms with Crippen LogP contribution in [0.4, 0.5) is 11.4 Å². The van der Waals surface area contributed by atoms with Crippen molar-refractivity contribution in [1.29, 1.82) is 0 Å². The molecule has 1 saturated heterocycles. The number of amides is 1. The normalized spacial score (nSPS) is 19.8. The third kappa shape index (κ3) is 3.97. The van der Waals surface area contributed by atoms with Gasteiger partial charge in [0.05, 0.1) is 24.2 Å². The molecular weight excluding hydrogens is 278 g/mol. The fourth-order valence-electron chi connectivity index (χ4n) is 2.77. The third-order valence-electron chi connectivity index (χ3n) is 4.40. The van der Waals surface area contributed by atoms with E-state index in [2.05, 4.69) is 15.2 Å². The molecule has 0 aromatic carbocycles. The zero-order valence-electron chi connectivity index (χ0n) is 13.3. The lowest BCUT2D eigenvalue weighted by atomic mass is 10.1. The Morgan fingerprint density at radius 2 is 2.18 bits per heavy atom. The fraction of sp³-hybridized carbons (Fsp3) is 0.647. The highest BCUT2D eigenvalue weighted by atomic mass is 16.5. The standard InChI is InChI=1S/C17H25N3O2/c1-13(22-12-14-5-6-14)17(21)19-15-11-18-8-7-16(15)20-9-3-2-4-10-20/h7-8,11,13-14H,2-6,9-10,12H2,1H3,(H,19,21).